The Morgan fingerprint density at radius 2 is 1.65 bits per heavy atom. The predicted octanol–water partition coefficient (Wildman–Crippen LogP) is 4.24. The van der Waals surface area contributed by atoms with Gasteiger partial charge in [0.05, 0.1) is 5.56 Å². The van der Waals surface area contributed by atoms with E-state index in [9.17, 15) is 13.6 Å². The number of hydrogen-bond acceptors (Lipinski definition) is 1. The van der Waals surface area contributed by atoms with Gasteiger partial charge in [-0.3, -0.25) is 4.79 Å². The highest BCUT2D eigenvalue weighted by molar-refractivity contribution is 14.1. The van der Waals surface area contributed by atoms with Gasteiger partial charge in [-0.15, -0.1) is 0 Å². The second-order valence-electron chi connectivity index (χ2n) is 4.46. The highest BCUT2D eigenvalue weighted by atomic mass is 127. The lowest BCUT2D eigenvalue weighted by molar-refractivity contribution is 0.111. The van der Waals surface area contributed by atoms with Crippen molar-refractivity contribution >= 4 is 28.9 Å². The van der Waals surface area contributed by atoms with Crippen molar-refractivity contribution in [2.24, 2.45) is 0 Å². The molecule has 0 spiro atoms. The second-order valence-corrected chi connectivity index (χ2v) is 6.23. The summed E-state index contributed by atoms with van der Waals surface area (Å²) in [7, 11) is 0. The van der Waals surface area contributed by atoms with Crippen LogP contribution < -0.4 is 0 Å². The van der Waals surface area contributed by atoms with Gasteiger partial charge in [-0.2, -0.15) is 0 Å². The summed E-state index contributed by atoms with van der Waals surface area (Å²) in [5.41, 5.74) is 0.227. The van der Waals surface area contributed by atoms with Crippen molar-refractivity contribution in [3.05, 3.63) is 34.9 Å². The standard InChI is InChI=1S/C13H13F2IO/c14-12-5-9(6-13(15)11(12)7-17)8-1-3-10(16)4-2-8/h5-8,10H,1-4H2. The molecule has 2 rings (SSSR count). The lowest BCUT2D eigenvalue weighted by Crippen LogP contribution is -2.13. The minimum absolute atomic E-state index is 0.228. The summed E-state index contributed by atoms with van der Waals surface area (Å²) in [6, 6.07) is 2.62. The van der Waals surface area contributed by atoms with Gasteiger partial charge < -0.3 is 0 Å². The largest absolute Gasteiger partial charge is 0.298 e. The van der Waals surface area contributed by atoms with Crippen molar-refractivity contribution in [3.8, 4) is 0 Å². The Balaban J connectivity index is 2.25. The fraction of sp³-hybridized carbons (Fsp3) is 0.462. The van der Waals surface area contributed by atoms with Crippen LogP contribution in [0.15, 0.2) is 12.1 Å². The molecule has 0 atom stereocenters. The van der Waals surface area contributed by atoms with Crippen molar-refractivity contribution in [1.82, 2.24) is 0 Å². The Hall–Kier alpha value is -0.520. The normalized spacial score (nSPS) is 24.6. The summed E-state index contributed by atoms with van der Waals surface area (Å²) in [5.74, 6) is -1.26. The van der Waals surface area contributed by atoms with E-state index in [1.807, 2.05) is 0 Å². The van der Waals surface area contributed by atoms with Crippen LogP contribution >= 0.6 is 22.6 Å². The lowest BCUT2D eigenvalue weighted by Gasteiger charge is -2.25. The number of alkyl halides is 1. The Morgan fingerprint density at radius 3 is 2.12 bits per heavy atom. The van der Waals surface area contributed by atoms with Gasteiger partial charge in [0.25, 0.3) is 0 Å². The van der Waals surface area contributed by atoms with Gasteiger partial charge in [-0.25, -0.2) is 8.78 Å². The number of aldehydes is 1. The first-order chi connectivity index (χ1) is 8.11. The van der Waals surface area contributed by atoms with Gasteiger partial charge in [0, 0.05) is 3.92 Å². The number of halogens is 3. The van der Waals surface area contributed by atoms with E-state index in [-0.39, 0.29) is 12.2 Å². The molecule has 4 heteroatoms. The maximum absolute atomic E-state index is 13.5. The molecule has 0 unspecified atom stereocenters. The summed E-state index contributed by atoms with van der Waals surface area (Å²) in [6.07, 6.45) is 4.34. The third-order valence-electron chi connectivity index (χ3n) is 3.35. The lowest BCUT2D eigenvalue weighted by atomic mass is 9.84. The topological polar surface area (TPSA) is 17.1 Å². The van der Waals surface area contributed by atoms with Crippen LogP contribution in [0.2, 0.25) is 0 Å². The van der Waals surface area contributed by atoms with Crippen LogP contribution in [0.4, 0.5) is 8.78 Å². The summed E-state index contributed by atoms with van der Waals surface area (Å²) >= 11 is 2.42. The molecule has 1 aromatic rings. The van der Waals surface area contributed by atoms with Gasteiger partial charge in [0.1, 0.15) is 11.6 Å². The molecule has 1 aliphatic rings. The molecule has 0 aromatic heterocycles. The Labute approximate surface area is 113 Å². The zero-order valence-corrected chi connectivity index (χ0v) is 11.4. The minimum Gasteiger partial charge on any atom is -0.298 e. The van der Waals surface area contributed by atoms with Gasteiger partial charge in [0.15, 0.2) is 6.29 Å². The molecule has 0 heterocycles. The number of benzene rings is 1. The number of hydrogen-bond donors (Lipinski definition) is 0. The first-order valence-electron chi connectivity index (χ1n) is 5.70. The number of carbonyl (C=O) groups excluding carboxylic acids is 1. The number of carbonyl (C=O) groups is 1. The Kier molecular flexibility index (Phi) is 4.12. The minimum atomic E-state index is -0.744. The van der Waals surface area contributed by atoms with E-state index >= 15 is 0 Å². The van der Waals surface area contributed by atoms with Gasteiger partial charge in [-0.05, 0) is 49.3 Å². The summed E-state index contributed by atoms with van der Waals surface area (Å²) < 4.78 is 27.6. The molecule has 0 N–H and O–H groups in total. The maximum Gasteiger partial charge on any atom is 0.155 e. The van der Waals surface area contributed by atoms with E-state index in [1.54, 1.807) is 0 Å². The van der Waals surface area contributed by atoms with E-state index in [1.165, 1.54) is 12.1 Å². The average Bonchev–Trinajstić information content (AvgIpc) is 2.29. The zero-order chi connectivity index (χ0) is 12.4. The van der Waals surface area contributed by atoms with Crippen molar-refractivity contribution in [1.29, 1.82) is 0 Å². The van der Waals surface area contributed by atoms with E-state index in [0.29, 0.717) is 9.49 Å². The SMILES string of the molecule is O=Cc1c(F)cc(C2CCC(I)CC2)cc1F. The van der Waals surface area contributed by atoms with Crippen molar-refractivity contribution in [2.45, 2.75) is 35.5 Å². The molecule has 17 heavy (non-hydrogen) atoms. The van der Waals surface area contributed by atoms with E-state index in [2.05, 4.69) is 22.6 Å². The quantitative estimate of drug-likeness (QED) is 0.443. The average molecular weight is 350 g/mol. The molecule has 0 bridgehead atoms. The van der Waals surface area contributed by atoms with Gasteiger partial charge in [0.2, 0.25) is 0 Å². The molecule has 1 nitrogen and oxygen atoms in total. The fourth-order valence-electron chi connectivity index (χ4n) is 2.34. The molecule has 0 amide bonds. The smallest absolute Gasteiger partial charge is 0.155 e. The zero-order valence-electron chi connectivity index (χ0n) is 9.26. The molecular formula is C13H13F2IO. The summed E-state index contributed by atoms with van der Waals surface area (Å²) in [5, 5.41) is 0. The van der Waals surface area contributed by atoms with Crippen LogP contribution in [0.5, 0.6) is 0 Å². The van der Waals surface area contributed by atoms with Crippen LogP contribution in [0.3, 0.4) is 0 Å². The molecule has 1 aromatic carbocycles. The third kappa shape index (κ3) is 2.84. The fourth-order valence-corrected chi connectivity index (χ4v) is 3.06. The highest BCUT2D eigenvalue weighted by Crippen LogP contribution is 2.36. The number of rotatable bonds is 2. The van der Waals surface area contributed by atoms with Gasteiger partial charge in [-0.1, -0.05) is 22.6 Å². The van der Waals surface area contributed by atoms with E-state index in [4.69, 9.17) is 0 Å². The molecule has 1 fully saturated rings. The molecule has 0 radical (unpaired) electrons. The van der Waals surface area contributed by atoms with Crippen LogP contribution in [0.1, 0.15) is 47.5 Å². The maximum atomic E-state index is 13.5. The highest BCUT2D eigenvalue weighted by Gasteiger charge is 2.22. The molecule has 92 valence electrons. The summed E-state index contributed by atoms with van der Waals surface area (Å²) in [4.78, 5) is 10.5. The summed E-state index contributed by atoms with van der Waals surface area (Å²) in [6.45, 7) is 0. The molecular weight excluding hydrogens is 337 g/mol. The first kappa shape index (κ1) is 12.9. The monoisotopic (exact) mass is 350 g/mol. The van der Waals surface area contributed by atoms with Crippen molar-refractivity contribution in [2.75, 3.05) is 0 Å². The Morgan fingerprint density at radius 1 is 1.12 bits per heavy atom. The van der Waals surface area contributed by atoms with Crippen LogP contribution in [-0.2, 0) is 0 Å². The van der Waals surface area contributed by atoms with Crippen LogP contribution in [0, 0.1) is 11.6 Å². The first-order valence-corrected chi connectivity index (χ1v) is 6.94. The van der Waals surface area contributed by atoms with Crippen LogP contribution in [-0.4, -0.2) is 10.2 Å². The van der Waals surface area contributed by atoms with Gasteiger partial charge >= 0.3 is 0 Å². The van der Waals surface area contributed by atoms with Crippen LogP contribution in [0.25, 0.3) is 0 Å². The molecule has 1 aliphatic carbocycles. The molecule has 0 saturated heterocycles. The van der Waals surface area contributed by atoms with E-state index in [0.717, 1.165) is 25.7 Å². The molecule has 0 aliphatic heterocycles. The second kappa shape index (κ2) is 5.42. The predicted molar refractivity (Wildman–Crippen MR) is 70.8 cm³/mol. The molecule has 1 saturated carbocycles. The van der Waals surface area contributed by atoms with Crippen molar-refractivity contribution < 1.29 is 13.6 Å². The third-order valence-corrected chi connectivity index (χ3v) is 4.59. The Bertz CT molecular complexity index is 402. The van der Waals surface area contributed by atoms with E-state index < -0.39 is 17.2 Å². The van der Waals surface area contributed by atoms with Crippen molar-refractivity contribution in [3.63, 3.8) is 0 Å².